The Bertz CT molecular complexity index is 1030. The molecule has 2 amide bonds. The largest absolute Gasteiger partial charge is 0.326 e. The molecule has 0 aliphatic carbocycles. The van der Waals surface area contributed by atoms with Crippen LogP contribution >= 0.6 is 23.1 Å². The fourth-order valence-corrected chi connectivity index (χ4v) is 5.06. The van der Waals surface area contributed by atoms with Crippen molar-refractivity contribution in [2.75, 3.05) is 10.2 Å². The van der Waals surface area contributed by atoms with Gasteiger partial charge in [-0.25, -0.2) is 0 Å². The van der Waals surface area contributed by atoms with Crippen molar-refractivity contribution >= 4 is 46.3 Å². The summed E-state index contributed by atoms with van der Waals surface area (Å²) >= 11 is 3.14. The first kappa shape index (κ1) is 18.8. The van der Waals surface area contributed by atoms with Gasteiger partial charge < -0.3 is 10.2 Å². The van der Waals surface area contributed by atoms with Gasteiger partial charge in [-0.3, -0.25) is 9.59 Å². The molecule has 3 aromatic rings. The van der Waals surface area contributed by atoms with Crippen molar-refractivity contribution in [3.05, 3.63) is 70.4 Å². The highest BCUT2D eigenvalue weighted by molar-refractivity contribution is 7.99. The summed E-state index contributed by atoms with van der Waals surface area (Å²) in [6.07, 6.45) is 0.362. The molecule has 0 saturated heterocycles. The van der Waals surface area contributed by atoms with E-state index < -0.39 is 0 Å². The number of hydrogen-bond donors (Lipinski definition) is 1. The molecule has 1 aliphatic heterocycles. The summed E-state index contributed by atoms with van der Waals surface area (Å²) in [4.78, 5) is 30.2. The summed E-state index contributed by atoms with van der Waals surface area (Å²) < 4.78 is 0. The van der Waals surface area contributed by atoms with Crippen molar-refractivity contribution in [2.24, 2.45) is 0 Å². The van der Waals surface area contributed by atoms with Gasteiger partial charge in [-0.05, 0) is 55.6 Å². The van der Waals surface area contributed by atoms with Crippen LogP contribution in [0.3, 0.4) is 0 Å². The van der Waals surface area contributed by atoms with E-state index in [2.05, 4.69) is 5.32 Å². The molecule has 6 heteroatoms. The number of nitrogens with one attached hydrogen (secondary N) is 1. The number of anilines is 2. The van der Waals surface area contributed by atoms with Gasteiger partial charge in [0.1, 0.15) is 0 Å². The molecule has 4 rings (SSSR count). The van der Waals surface area contributed by atoms with E-state index >= 15 is 0 Å². The summed E-state index contributed by atoms with van der Waals surface area (Å²) in [5, 5.41) is 4.95. The summed E-state index contributed by atoms with van der Waals surface area (Å²) in [6.45, 7) is 4.02. The van der Waals surface area contributed by atoms with E-state index in [9.17, 15) is 9.59 Å². The second-order valence-corrected chi connectivity index (χ2v) is 8.97. The van der Waals surface area contributed by atoms with Crippen LogP contribution in [0.2, 0.25) is 0 Å². The molecule has 0 saturated carbocycles. The van der Waals surface area contributed by atoms with Gasteiger partial charge in [-0.1, -0.05) is 30.0 Å². The number of nitrogens with zero attached hydrogens (tertiary/aromatic N) is 1. The summed E-state index contributed by atoms with van der Waals surface area (Å²) in [6, 6.07) is 17.3. The van der Waals surface area contributed by atoms with Crippen molar-refractivity contribution < 1.29 is 9.59 Å². The maximum atomic E-state index is 13.1. The highest BCUT2D eigenvalue weighted by Crippen LogP contribution is 2.43. The Morgan fingerprint density at radius 3 is 2.64 bits per heavy atom. The first-order valence-corrected chi connectivity index (χ1v) is 10.8. The molecule has 0 radical (unpaired) electrons. The van der Waals surface area contributed by atoms with Crippen LogP contribution in [0, 0.1) is 0 Å². The van der Waals surface area contributed by atoms with Crippen LogP contribution in [0.5, 0.6) is 0 Å². The predicted molar refractivity (Wildman–Crippen MR) is 116 cm³/mol. The van der Waals surface area contributed by atoms with Gasteiger partial charge in [0.15, 0.2) is 0 Å². The standard InChI is InChI=1S/C22H20N2O2S2/c1-14(2)24-18-10-9-15(23-21(25)13-16-6-5-11-27-16)12-20(18)28-19-8-4-3-7-17(19)22(24)26/h3-12,14H,13H2,1-2H3,(H,23,25). The average molecular weight is 409 g/mol. The zero-order valence-electron chi connectivity index (χ0n) is 15.6. The number of amides is 2. The summed E-state index contributed by atoms with van der Waals surface area (Å²) in [5.74, 6) is -0.0375. The van der Waals surface area contributed by atoms with Gasteiger partial charge >= 0.3 is 0 Å². The van der Waals surface area contributed by atoms with E-state index in [4.69, 9.17) is 0 Å². The number of carbonyl (C=O) groups is 2. The number of benzene rings is 2. The topological polar surface area (TPSA) is 49.4 Å². The van der Waals surface area contributed by atoms with Crippen molar-refractivity contribution in [3.8, 4) is 0 Å². The Kier molecular flexibility index (Phi) is 5.24. The molecule has 1 aliphatic rings. The fraction of sp³-hybridized carbons (Fsp3) is 0.182. The number of carbonyl (C=O) groups excluding carboxylic acids is 2. The molecule has 4 nitrogen and oxygen atoms in total. The third-order valence-corrected chi connectivity index (χ3v) is 6.49. The Morgan fingerprint density at radius 2 is 1.89 bits per heavy atom. The van der Waals surface area contributed by atoms with Crippen LogP contribution in [-0.2, 0) is 11.2 Å². The zero-order valence-corrected chi connectivity index (χ0v) is 17.3. The first-order chi connectivity index (χ1) is 13.5. The van der Waals surface area contributed by atoms with E-state index in [0.717, 1.165) is 26.0 Å². The Hall–Kier alpha value is -2.57. The quantitative estimate of drug-likeness (QED) is 0.624. The molecule has 1 N–H and O–H groups in total. The van der Waals surface area contributed by atoms with Gasteiger partial charge in [0, 0.05) is 26.4 Å². The minimum atomic E-state index is -0.0433. The van der Waals surface area contributed by atoms with Crippen molar-refractivity contribution in [3.63, 3.8) is 0 Å². The van der Waals surface area contributed by atoms with Gasteiger partial charge in [0.05, 0.1) is 17.7 Å². The molecule has 142 valence electrons. The van der Waals surface area contributed by atoms with Crippen LogP contribution in [0.4, 0.5) is 11.4 Å². The fourth-order valence-electron chi connectivity index (χ4n) is 3.25. The lowest BCUT2D eigenvalue weighted by atomic mass is 10.1. The second-order valence-electron chi connectivity index (χ2n) is 6.85. The molecule has 2 heterocycles. The van der Waals surface area contributed by atoms with Crippen molar-refractivity contribution in [1.29, 1.82) is 0 Å². The van der Waals surface area contributed by atoms with E-state index in [0.29, 0.717) is 12.0 Å². The lowest BCUT2D eigenvalue weighted by molar-refractivity contribution is -0.115. The molecule has 0 atom stereocenters. The normalized spacial score (nSPS) is 13.1. The van der Waals surface area contributed by atoms with Crippen LogP contribution in [0.1, 0.15) is 29.1 Å². The van der Waals surface area contributed by atoms with Crippen molar-refractivity contribution in [2.45, 2.75) is 36.1 Å². The minimum Gasteiger partial charge on any atom is -0.326 e. The van der Waals surface area contributed by atoms with Gasteiger partial charge in [-0.2, -0.15) is 0 Å². The average Bonchev–Trinajstić information content (AvgIpc) is 3.12. The highest BCUT2D eigenvalue weighted by Gasteiger charge is 2.29. The monoisotopic (exact) mass is 408 g/mol. The lowest BCUT2D eigenvalue weighted by Crippen LogP contribution is -2.36. The molecular formula is C22H20N2O2S2. The van der Waals surface area contributed by atoms with E-state index in [1.165, 1.54) is 0 Å². The molecule has 1 aromatic heterocycles. The van der Waals surface area contributed by atoms with Crippen LogP contribution < -0.4 is 10.2 Å². The van der Waals surface area contributed by atoms with E-state index in [1.54, 1.807) is 23.1 Å². The van der Waals surface area contributed by atoms with Crippen molar-refractivity contribution in [1.82, 2.24) is 0 Å². The van der Waals surface area contributed by atoms with Crippen LogP contribution in [-0.4, -0.2) is 17.9 Å². The summed E-state index contributed by atoms with van der Waals surface area (Å²) in [7, 11) is 0. The SMILES string of the molecule is CC(C)N1C(=O)c2ccccc2Sc2cc(NC(=O)Cc3cccs3)ccc21. The van der Waals surface area contributed by atoms with Crippen LogP contribution in [0.15, 0.2) is 69.8 Å². The molecule has 0 unspecified atom stereocenters. The molecule has 0 spiro atoms. The number of hydrogen-bond acceptors (Lipinski definition) is 4. The highest BCUT2D eigenvalue weighted by atomic mass is 32.2. The Morgan fingerprint density at radius 1 is 1.07 bits per heavy atom. The maximum Gasteiger partial charge on any atom is 0.259 e. The lowest BCUT2D eigenvalue weighted by Gasteiger charge is -2.27. The Labute approximate surface area is 172 Å². The van der Waals surface area contributed by atoms with Gasteiger partial charge in [0.25, 0.3) is 5.91 Å². The molecule has 2 aromatic carbocycles. The first-order valence-electron chi connectivity index (χ1n) is 9.09. The zero-order chi connectivity index (χ0) is 19.7. The molecule has 0 fully saturated rings. The summed E-state index contributed by atoms with van der Waals surface area (Å²) in [5.41, 5.74) is 2.32. The minimum absolute atomic E-state index is 0.00586. The van der Waals surface area contributed by atoms with Gasteiger partial charge in [0.2, 0.25) is 5.91 Å². The van der Waals surface area contributed by atoms with Crippen LogP contribution in [0.25, 0.3) is 0 Å². The second kappa shape index (κ2) is 7.81. The number of fused-ring (bicyclic) bond motifs is 2. The smallest absolute Gasteiger partial charge is 0.259 e. The molecular weight excluding hydrogens is 388 g/mol. The third kappa shape index (κ3) is 3.70. The Balaban J connectivity index is 1.67. The van der Waals surface area contributed by atoms with Gasteiger partial charge in [-0.15, -0.1) is 11.3 Å². The number of thiophene rings is 1. The maximum absolute atomic E-state index is 13.1. The molecule has 28 heavy (non-hydrogen) atoms. The van der Waals surface area contributed by atoms with E-state index in [1.807, 2.05) is 78.7 Å². The third-order valence-electron chi connectivity index (χ3n) is 4.49. The number of rotatable bonds is 4. The molecule has 0 bridgehead atoms. The predicted octanol–water partition coefficient (Wildman–Crippen LogP) is 5.45. The van der Waals surface area contributed by atoms with E-state index in [-0.39, 0.29) is 17.9 Å².